The highest BCUT2D eigenvalue weighted by molar-refractivity contribution is 7.93. The van der Waals surface area contributed by atoms with Crippen LogP contribution in [0.3, 0.4) is 0 Å². The molecule has 20 heavy (non-hydrogen) atoms. The average molecular weight is 298 g/mol. The second-order valence-electron chi connectivity index (χ2n) is 5.02. The SMILES string of the molecule is CCC(C)NC(=O)c1ccccc1NS(=O)(=O)C(C)C. The predicted molar refractivity (Wildman–Crippen MR) is 81.3 cm³/mol. The van der Waals surface area contributed by atoms with Gasteiger partial charge in [-0.1, -0.05) is 19.1 Å². The topological polar surface area (TPSA) is 75.3 Å². The number of sulfonamides is 1. The molecule has 1 rings (SSSR count). The van der Waals surface area contributed by atoms with Gasteiger partial charge in [0.25, 0.3) is 5.91 Å². The number of nitrogens with one attached hydrogen (secondary N) is 2. The zero-order valence-corrected chi connectivity index (χ0v) is 13.1. The molecule has 2 N–H and O–H groups in total. The average Bonchev–Trinajstić information content (AvgIpc) is 2.38. The fraction of sp³-hybridized carbons (Fsp3) is 0.500. The van der Waals surface area contributed by atoms with Crippen LogP contribution in [-0.4, -0.2) is 25.6 Å². The lowest BCUT2D eigenvalue weighted by atomic mass is 10.1. The lowest BCUT2D eigenvalue weighted by Crippen LogP contribution is -2.33. The number of carbonyl (C=O) groups excluding carboxylic acids is 1. The number of rotatable bonds is 6. The standard InChI is InChI=1S/C14H22N2O3S/c1-5-11(4)15-14(17)12-8-6-7-9-13(12)16-20(18,19)10(2)3/h6-11,16H,5H2,1-4H3,(H,15,17). The van der Waals surface area contributed by atoms with Crippen LogP contribution in [0.15, 0.2) is 24.3 Å². The molecular formula is C14H22N2O3S. The van der Waals surface area contributed by atoms with Crippen molar-refractivity contribution in [3.63, 3.8) is 0 Å². The molecule has 1 amide bonds. The summed E-state index contributed by atoms with van der Waals surface area (Å²) in [5, 5.41) is 2.27. The highest BCUT2D eigenvalue weighted by atomic mass is 32.2. The molecular weight excluding hydrogens is 276 g/mol. The largest absolute Gasteiger partial charge is 0.350 e. The lowest BCUT2D eigenvalue weighted by molar-refractivity contribution is 0.0940. The monoisotopic (exact) mass is 298 g/mol. The van der Waals surface area contributed by atoms with Gasteiger partial charge in [-0.25, -0.2) is 8.42 Å². The van der Waals surface area contributed by atoms with Crippen molar-refractivity contribution in [2.24, 2.45) is 0 Å². The summed E-state index contributed by atoms with van der Waals surface area (Å²) in [6.45, 7) is 7.05. The van der Waals surface area contributed by atoms with E-state index >= 15 is 0 Å². The van der Waals surface area contributed by atoms with E-state index < -0.39 is 15.3 Å². The Morgan fingerprint density at radius 1 is 1.20 bits per heavy atom. The second-order valence-corrected chi connectivity index (χ2v) is 7.26. The van der Waals surface area contributed by atoms with Crippen molar-refractivity contribution in [2.45, 2.75) is 45.4 Å². The van der Waals surface area contributed by atoms with E-state index in [4.69, 9.17) is 0 Å². The normalized spacial score (nSPS) is 13.1. The minimum atomic E-state index is -3.47. The summed E-state index contributed by atoms with van der Waals surface area (Å²) in [7, 11) is -3.47. The third-order valence-corrected chi connectivity index (χ3v) is 4.78. The molecule has 0 aromatic heterocycles. The molecule has 1 aromatic carbocycles. The molecule has 0 aliphatic carbocycles. The highest BCUT2D eigenvalue weighted by Crippen LogP contribution is 2.18. The molecule has 0 aliphatic rings. The first-order valence-corrected chi connectivity index (χ1v) is 8.24. The minimum absolute atomic E-state index is 0.0391. The highest BCUT2D eigenvalue weighted by Gasteiger charge is 2.19. The summed E-state index contributed by atoms with van der Waals surface area (Å²) in [5.41, 5.74) is 0.638. The van der Waals surface area contributed by atoms with E-state index in [2.05, 4.69) is 10.0 Å². The first-order chi connectivity index (χ1) is 9.27. The molecule has 0 heterocycles. The Kier molecular flexibility index (Phi) is 5.56. The van der Waals surface area contributed by atoms with Crippen molar-refractivity contribution >= 4 is 21.6 Å². The quantitative estimate of drug-likeness (QED) is 0.846. The van der Waals surface area contributed by atoms with Crippen LogP contribution in [0, 0.1) is 0 Å². The van der Waals surface area contributed by atoms with Crippen molar-refractivity contribution < 1.29 is 13.2 Å². The number of hydrogen-bond acceptors (Lipinski definition) is 3. The fourth-order valence-electron chi connectivity index (χ4n) is 1.44. The summed E-state index contributed by atoms with van der Waals surface area (Å²) in [6, 6.07) is 6.63. The van der Waals surface area contributed by atoms with E-state index in [1.807, 2.05) is 13.8 Å². The Morgan fingerprint density at radius 3 is 2.35 bits per heavy atom. The van der Waals surface area contributed by atoms with Crippen LogP contribution >= 0.6 is 0 Å². The fourth-order valence-corrected chi connectivity index (χ4v) is 2.17. The zero-order valence-electron chi connectivity index (χ0n) is 12.3. The van der Waals surface area contributed by atoms with Gasteiger partial charge in [-0.2, -0.15) is 0 Å². The van der Waals surface area contributed by atoms with E-state index in [0.717, 1.165) is 6.42 Å². The minimum Gasteiger partial charge on any atom is -0.350 e. The van der Waals surface area contributed by atoms with Gasteiger partial charge in [0.2, 0.25) is 10.0 Å². The Balaban J connectivity index is 3.03. The molecule has 0 aliphatic heterocycles. The van der Waals surface area contributed by atoms with Gasteiger partial charge in [0.1, 0.15) is 0 Å². The van der Waals surface area contributed by atoms with Crippen molar-refractivity contribution in [2.75, 3.05) is 4.72 Å². The van der Waals surface area contributed by atoms with E-state index in [1.54, 1.807) is 38.1 Å². The van der Waals surface area contributed by atoms with Crippen molar-refractivity contribution in [1.29, 1.82) is 0 Å². The lowest BCUT2D eigenvalue weighted by Gasteiger charge is -2.16. The maximum absolute atomic E-state index is 12.1. The smallest absolute Gasteiger partial charge is 0.253 e. The number of hydrogen-bond donors (Lipinski definition) is 2. The molecule has 0 bridgehead atoms. The molecule has 0 fully saturated rings. The predicted octanol–water partition coefficient (Wildman–Crippen LogP) is 2.37. The van der Waals surface area contributed by atoms with Gasteiger partial charge in [-0.3, -0.25) is 9.52 Å². The van der Waals surface area contributed by atoms with Gasteiger partial charge in [-0.15, -0.1) is 0 Å². The molecule has 1 aromatic rings. The first-order valence-electron chi connectivity index (χ1n) is 6.69. The van der Waals surface area contributed by atoms with Gasteiger partial charge >= 0.3 is 0 Å². The molecule has 0 saturated heterocycles. The van der Waals surface area contributed by atoms with Crippen LogP contribution in [0.4, 0.5) is 5.69 Å². The zero-order chi connectivity index (χ0) is 15.3. The maximum atomic E-state index is 12.1. The van der Waals surface area contributed by atoms with Crippen molar-refractivity contribution in [1.82, 2.24) is 5.32 Å². The van der Waals surface area contributed by atoms with Gasteiger partial charge < -0.3 is 5.32 Å². The van der Waals surface area contributed by atoms with Gasteiger partial charge in [0.15, 0.2) is 0 Å². The first kappa shape index (κ1) is 16.5. The van der Waals surface area contributed by atoms with Crippen molar-refractivity contribution in [3.05, 3.63) is 29.8 Å². The summed E-state index contributed by atoms with van der Waals surface area (Å²) in [5.74, 6) is -0.276. The van der Waals surface area contributed by atoms with Crippen LogP contribution in [-0.2, 0) is 10.0 Å². The molecule has 0 saturated carbocycles. The van der Waals surface area contributed by atoms with Gasteiger partial charge in [0.05, 0.1) is 16.5 Å². The number of anilines is 1. The van der Waals surface area contributed by atoms with E-state index in [-0.39, 0.29) is 11.9 Å². The second kappa shape index (κ2) is 6.74. The van der Waals surface area contributed by atoms with Crippen LogP contribution in [0.2, 0.25) is 0 Å². The van der Waals surface area contributed by atoms with Gasteiger partial charge in [0, 0.05) is 6.04 Å². The third-order valence-electron chi connectivity index (χ3n) is 3.03. The molecule has 112 valence electrons. The Morgan fingerprint density at radius 2 is 1.80 bits per heavy atom. The number of amides is 1. The summed E-state index contributed by atoms with van der Waals surface area (Å²) < 4.78 is 26.3. The Bertz CT molecular complexity index is 568. The number of benzene rings is 1. The summed E-state index contributed by atoms with van der Waals surface area (Å²) >= 11 is 0. The third kappa shape index (κ3) is 4.23. The molecule has 1 unspecified atom stereocenters. The van der Waals surface area contributed by atoms with Crippen LogP contribution in [0.5, 0.6) is 0 Å². The van der Waals surface area contributed by atoms with E-state index in [1.165, 1.54) is 0 Å². The van der Waals surface area contributed by atoms with Crippen molar-refractivity contribution in [3.8, 4) is 0 Å². The maximum Gasteiger partial charge on any atom is 0.253 e. The molecule has 1 atom stereocenters. The summed E-state index contributed by atoms with van der Waals surface area (Å²) in [6.07, 6.45) is 0.811. The van der Waals surface area contributed by atoms with Crippen LogP contribution in [0.1, 0.15) is 44.5 Å². The Hall–Kier alpha value is -1.56. The van der Waals surface area contributed by atoms with Crippen LogP contribution < -0.4 is 10.0 Å². The van der Waals surface area contributed by atoms with Crippen LogP contribution in [0.25, 0.3) is 0 Å². The molecule has 0 spiro atoms. The molecule has 5 nitrogen and oxygen atoms in total. The van der Waals surface area contributed by atoms with Gasteiger partial charge in [-0.05, 0) is 39.3 Å². The molecule has 6 heteroatoms. The molecule has 0 radical (unpaired) electrons. The number of para-hydroxylation sites is 1. The van der Waals surface area contributed by atoms with E-state index in [9.17, 15) is 13.2 Å². The summed E-state index contributed by atoms with van der Waals surface area (Å²) in [4.78, 5) is 12.1. The Labute approximate surface area is 120 Å². The number of carbonyl (C=O) groups is 1. The van der Waals surface area contributed by atoms with E-state index in [0.29, 0.717) is 11.3 Å².